The Bertz CT molecular complexity index is 599. The van der Waals surface area contributed by atoms with Gasteiger partial charge < -0.3 is 14.5 Å². The molecule has 2 rings (SSSR count). The molecule has 1 aliphatic rings. The van der Waals surface area contributed by atoms with Crippen molar-refractivity contribution < 1.29 is 14.0 Å². The smallest absolute Gasteiger partial charge is 0.285 e. The third-order valence-electron chi connectivity index (χ3n) is 5.88. The van der Waals surface area contributed by atoms with E-state index in [1.165, 1.54) is 12.8 Å². The number of anilines is 1. The fourth-order valence-electron chi connectivity index (χ4n) is 4.14. The third kappa shape index (κ3) is 3.84. The van der Waals surface area contributed by atoms with Crippen LogP contribution in [0.5, 0.6) is 5.75 Å². The van der Waals surface area contributed by atoms with E-state index in [4.69, 9.17) is 4.74 Å². The van der Waals surface area contributed by atoms with Crippen molar-refractivity contribution in [1.29, 1.82) is 0 Å². The molecule has 0 spiro atoms. The van der Waals surface area contributed by atoms with Crippen molar-refractivity contribution in [1.82, 2.24) is 0 Å². The molecule has 0 aliphatic heterocycles. The number of quaternary nitrogens is 1. The van der Waals surface area contributed by atoms with Gasteiger partial charge in [-0.3, -0.25) is 4.79 Å². The number of likely N-dealkylation sites (N-methyl/N-ethyl adjacent to an activating group) is 1. The number of amides is 1. The quantitative estimate of drug-likeness (QED) is 0.671. The lowest BCUT2D eigenvalue weighted by Crippen LogP contribution is -2.60. The largest absolute Gasteiger partial charge is 0.497 e. The highest BCUT2D eigenvalue weighted by Crippen LogP contribution is 2.47. The molecule has 0 heterocycles. The number of carbonyl (C=O) groups is 1. The lowest BCUT2D eigenvalue weighted by atomic mass is 10.0. The number of methoxy groups -OCH3 is 1. The lowest BCUT2D eigenvalue weighted by Gasteiger charge is -2.41. The summed E-state index contributed by atoms with van der Waals surface area (Å²) in [7, 11) is 3.95. The van der Waals surface area contributed by atoms with E-state index in [0.717, 1.165) is 59.4 Å². The highest BCUT2D eigenvalue weighted by atomic mass is 16.5. The highest BCUT2D eigenvalue weighted by molar-refractivity contribution is 6.00. The van der Waals surface area contributed by atoms with Crippen LogP contribution in [-0.4, -0.2) is 43.2 Å². The maximum Gasteiger partial charge on any atom is 0.285 e. The molecule has 4 heteroatoms. The van der Waals surface area contributed by atoms with Crippen LogP contribution in [0, 0.1) is 13.8 Å². The van der Waals surface area contributed by atoms with Crippen LogP contribution in [0.2, 0.25) is 0 Å². The van der Waals surface area contributed by atoms with Crippen LogP contribution in [0.3, 0.4) is 0 Å². The fraction of sp³-hybridized carbons (Fsp3) is 0.667. The molecule has 1 atom stereocenters. The zero-order chi connectivity index (χ0) is 18.7. The van der Waals surface area contributed by atoms with Crippen molar-refractivity contribution in [3.63, 3.8) is 0 Å². The standard InChI is InChI=1S/C21H34N2O2/c1-7-9-13-23(5,12-8-2)21(10-11-21)20(24)22-19-16(3)14-18(25-6)15-17(19)4/h14-15H,7-13H2,1-6H3/p+1. The second kappa shape index (κ2) is 7.77. The van der Waals surface area contributed by atoms with Crippen molar-refractivity contribution in [2.75, 3.05) is 32.6 Å². The summed E-state index contributed by atoms with van der Waals surface area (Å²) in [5, 5.41) is 3.26. The Kier molecular flexibility index (Phi) is 6.15. The molecule has 1 fully saturated rings. The number of nitrogens with one attached hydrogen (secondary N) is 1. The van der Waals surface area contributed by atoms with Crippen LogP contribution >= 0.6 is 0 Å². The lowest BCUT2D eigenvalue weighted by molar-refractivity contribution is -0.934. The summed E-state index contributed by atoms with van der Waals surface area (Å²) in [5.74, 6) is 1.03. The SMILES string of the molecule is CCCC[N+](C)(CCC)C1(C(=O)Nc2c(C)cc(OC)cc2C)CC1. The minimum absolute atomic E-state index is 0.191. The monoisotopic (exact) mass is 347 g/mol. The molecule has 0 bridgehead atoms. The molecule has 0 radical (unpaired) electrons. The van der Waals surface area contributed by atoms with E-state index >= 15 is 0 Å². The van der Waals surface area contributed by atoms with Gasteiger partial charge in [-0.15, -0.1) is 0 Å². The number of unbranched alkanes of at least 4 members (excludes halogenated alkanes) is 1. The number of nitrogens with zero attached hydrogens (tertiary/aromatic N) is 1. The number of hydrogen-bond acceptors (Lipinski definition) is 2. The van der Waals surface area contributed by atoms with Crippen molar-refractivity contribution in [3.8, 4) is 5.75 Å². The van der Waals surface area contributed by atoms with Crippen LogP contribution < -0.4 is 10.1 Å². The summed E-state index contributed by atoms with van der Waals surface area (Å²) in [5.41, 5.74) is 2.80. The predicted molar refractivity (Wildman–Crippen MR) is 104 cm³/mol. The van der Waals surface area contributed by atoms with Crippen molar-refractivity contribution in [3.05, 3.63) is 23.3 Å². The molecule has 1 aromatic rings. The Labute approximate surface area is 153 Å². The minimum atomic E-state index is -0.246. The first kappa shape index (κ1) is 19.8. The summed E-state index contributed by atoms with van der Waals surface area (Å²) >= 11 is 0. The summed E-state index contributed by atoms with van der Waals surface area (Å²) < 4.78 is 6.20. The number of ether oxygens (including phenoxy) is 1. The first-order valence-electron chi connectivity index (χ1n) is 9.65. The van der Waals surface area contributed by atoms with E-state index in [-0.39, 0.29) is 11.4 Å². The van der Waals surface area contributed by atoms with E-state index in [9.17, 15) is 4.79 Å². The maximum absolute atomic E-state index is 13.3. The molecule has 140 valence electrons. The Balaban J connectivity index is 2.25. The molecule has 1 saturated carbocycles. The zero-order valence-electron chi connectivity index (χ0n) is 16.9. The molecular formula is C21H35N2O2+. The van der Waals surface area contributed by atoms with Crippen molar-refractivity contribution in [2.24, 2.45) is 0 Å². The van der Waals surface area contributed by atoms with Gasteiger partial charge in [0.05, 0.1) is 27.2 Å². The van der Waals surface area contributed by atoms with Gasteiger partial charge >= 0.3 is 0 Å². The second-order valence-corrected chi connectivity index (χ2v) is 7.82. The van der Waals surface area contributed by atoms with Gasteiger partial charge in [0, 0.05) is 18.5 Å². The third-order valence-corrected chi connectivity index (χ3v) is 5.88. The summed E-state index contributed by atoms with van der Waals surface area (Å²) in [6.45, 7) is 10.6. The van der Waals surface area contributed by atoms with E-state index in [1.54, 1.807) is 7.11 Å². The predicted octanol–water partition coefficient (Wildman–Crippen LogP) is 4.44. The maximum atomic E-state index is 13.3. The molecule has 1 amide bonds. The second-order valence-electron chi connectivity index (χ2n) is 7.82. The van der Waals surface area contributed by atoms with Crippen molar-refractivity contribution >= 4 is 11.6 Å². The number of benzene rings is 1. The number of hydrogen-bond donors (Lipinski definition) is 1. The van der Waals surface area contributed by atoms with Gasteiger partial charge in [0.2, 0.25) is 0 Å². The molecular weight excluding hydrogens is 312 g/mol. The summed E-state index contributed by atoms with van der Waals surface area (Å²) in [6, 6.07) is 3.97. The van der Waals surface area contributed by atoms with Crippen LogP contribution in [-0.2, 0) is 4.79 Å². The molecule has 1 N–H and O–H groups in total. The first-order valence-corrected chi connectivity index (χ1v) is 9.65. The number of rotatable bonds is 9. The summed E-state index contributed by atoms with van der Waals surface area (Å²) in [6.07, 6.45) is 5.44. The highest BCUT2D eigenvalue weighted by Gasteiger charge is 2.63. The first-order chi connectivity index (χ1) is 11.8. The molecule has 0 aromatic heterocycles. The van der Waals surface area contributed by atoms with Gasteiger partial charge in [-0.05, 0) is 49.9 Å². The molecule has 25 heavy (non-hydrogen) atoms. The zero-order valence-corrected chi connectivity index (χ0v) is 16.9. The minimum Gasteiger partial charge on any atom is -0.497 e. The van der Waals surface area contributed by atoms with E-state index in [2.05, 4.69) is 26.2 Å². The van der Waals surface area contributed by atoms with Crippen LogP contribution in [0.25, 0.3) is 0 Å². The molecule has 1 unspecified atom stereocenters. The normalized spacial score (nSPS) is 17.7. The Morgan fingerprint density at radius 1 is 1.16 bits per heavy atom. The van der Waals surface area contributed by atoms with Crippen LogP contribution in [0.1, 0.15) is 57.1 Å². The van der Waals surface area contributed by atoms with Gasteiger partial charge in [0.25, 0.3) is 5.91 Å². The van der Waals surface area contributed by atoms with Crippen molar-refractivity contribution in [2.45, 2.75) is 65.3 Å². The summed E-state index contributed by atoms with van der Waals surface area (Å²) in [4.78, 5) is 13.3. The molecule has 0 saturated heterocycles. The Morgan fingerprint density at radius 2 is 1.76 bits per heavy atom. The van der Waals surface area contributed by atoms with E-state index in [0.29, 0.717) is 0 Å². The number of aryl methyl sites for hydroxylation is 2. The van der Waals surface area contributed by atoms with Gasteiger partial charge in [0.1, 0.15) is 5.75 Å². The van der Waals surface area contributed by atoms with Gasteiger partial charge in [-0.1, -0.05) is 20.3 Å². The van der Waals surface area contributed by atoms with Gasteiger partial charge in [-0.25, -0.2) is 0 Å². The van der Waals surface area contributed by atoms with Crippen LogP contribution in [0.4, 0.5) is 5.69 Å². The Morgan fingerprint density at radius 3 is 2.20 bits per heavy atom. The topological polar surface area (TPSA) is 38.3 Å². The van der Waals surface area contributed by atoms with E-state index in [1.807, 2.05) is 26.0 Å². The molecule has 4 nitrogen and oxygen atoms in total. The number of carbonyl (C=O) groups excluding carboxylic acids is 1. The van der Waals surface area contributed by atoms with E-state index < -0.39 is 0 Å². The van der Waals surface area contributed by atoms with Gasteiger partial charge in [0.15, 0.2) is 5.54 Å². The average Bonchev–Trinajstić information content (AvgIpc) is 3.38. The average molecular weight is 348 g/mol. The Hall–Kier alpha value is -1.55. The van der Waals surface area contributed by atoms with Crippen LogP contribution in [0.15, 0.2) is 12.1 Å². The fourth-order valence-corrected chi connectivity index (χ4v) is 4.14. The molecule has 1 aliphatic carbocycles. The van der Waals surface area contributed by atoms with Gasteiger partial charge in [-0.2, -0.15) is 0 Å². The molecule has 1 aromatic carbocycles.